The monoisotopic (exact) mass is 358 g/mol. The van der Waals surface area contributed by atoms with Gasteiger partial charge in [-0.15, -0.1) is 0 Å². The highest BCUT2D eigenvalue weighted by Crippen LogP contribution is 2.55. The van der Waals surface area contributed by atoms with Crippen molar-refractivity contribution in [3.8, 4) is 0 Å². The average Bonchev–Trinajstić information content (AvgIpc) is 2.89. The van der Waals surface area contributed by atoms with E-state index in [1.54, 1.807) is 6.92 Å². The molecule has 0 fully saturated rings. The first-order valence-corrected chi connectivity index (χ1v) is 9.04. The van der Waals surface area contributed by atoms with Crippen molar-refractivity contribution in [2.75, 3.05) is 26.0 Å². The molecule has 0 aromatic carbocycles. The normalized spacial score (nSPS) is 16.3. The standard InChI is InChI=1S/C13H23N6O4P/c1-6-23-13(3,24(20,21)22)19-8-15-10-7-14-12(17-11(10)19)16-9(2)18(4)5/h7-9H,6H2,1-5H3,(H,14,16,17)(H2,20,21,22)/t9?,13-/m1/s1. The lowest BCUT2D eigenvalue weighted by atomic mass is 10.5. The quantitative estimate of drug-likeness (QED) is 0.490. The van der Waals surface area contributed by atoms with Gasteiger partial charge in [0.05, 0.1) is 12.4 Å². The van der Waals surface area contributed by atoms with Crippen molar-refractivity contribution in [1.82, 2.24) is 24.4 Å². The summed E-state index contributed by atoms with van der Waals surface area (Å²) in [5.41, 5.74) is -1.20. The molecule has 0 amide bonds. The molecule has 134 valence electrons. The Bertz CT molecular complexity index is 760. The summed E-state index contributed by atoms with van der Waals surface area (Å²) in [6.07, 6.45) is 2.77. The van der Waals surface area contributed by atoms with Gasteiger partial charge in [0.1, 0.15) is 11.8 Å². The highest BCUT2D eigenvalue weighted by atomic mass is 31.2. The van der Waals surface area contributed by atoms with Crippen LogP contribution in [-0.2, 0) is 14.8 Å². The minimum Gasteiger partial charge on any atom is -0.345 e. The largest absolute Gasteiger partial charge is 0.378 e. The van der Waals surface area contributed by atoms with Gasteiger partial charge in [-0.1, -0.05) is 0 Å². The van der Waals surface area contributed by atoms with E-state index in [9.17, 15) is 14.4 Å². The summed E-state index contributed by atoms with van der Waals surface area (Å²) in [5, 5.41) is 3.10. The van der Waals surface area contributed by atoms with Crippen molar-refractivity contribution in [1.29, 1.82) is 0 Å². The zero-order valence-electron chi connectivity index (χ0n) is 14.3. The van der Waals surface area contributed by atoms with E-state index in [1.165, 1.54) is 24.0 Å². The Balaban J connectivity index is 2.53. The Morgan fingerprint density at radius 2 is 2.12 bits per heavy atom. The Kier molecular flexibility index (Phi) is 5.26. The van der Waals surface area contributed by atoms with Gasteiger partial charge in [-0.05, 0) is 34.9 Å². The van der Waals surface area contributed by atoms with Crippen LogP contribution in [0.15, 0.2) is 12.5 Å². The molecule has 0 saturated carbocycles. The maximum Gasteiger partial charge on any atom is 0.378 e. The fourth-order valence-electron chi connectivity index (χ4n) is 2.07. The molecule has 2 aromatic heterocycles. The summed E-state index contributed by atoms with van der Waals surface area (Å²) in [5.74, 6) is 0.329. The first-order valence-electron chi connectivity index (χ1n) is 7.43. The maximum absolute atomic E-state index is 12.0. The Labute approximate surface area is 140 Å². The number of aromatic nitrogens is 4. The molecule has 2 rings (SSSR count). The Morgan fingerprint density at radius 1 is 1.46 bits per heavy atom. The average molecular weight is 358 g/mol. The zero-order valence-corrected chi connectivity index (χ0v) is 15.2. The number of hydrogen-bond donors (Lipinski definition) is 3. The van der Waals surface area contributed by atoms with Crippen LogP contribution in [0.5, 0.6) is 0 Å². The van der Waals surface area contributed by atoms with Gasteiger partial charge >= 0.3 is 7.60 Å². The van der Waals surface area contributed by atoms with Gasteiger partial charge in [0.2, 0.25) is 11.4 Å². The van der Waals surface area contributed by atoms with Gasteiger partial charge in [0.15, 0.2) is 5.65 Å². The van der Waals surface area contributed by atoms with E-state index in [0.717, 1.165) is 0 Å². The van der Waals surface area contributed by atoms with Gasteiger partial charge in [0.25, 0.3) is 0 Å². The van der Waals surface area contributed by atoms with Crippen molar-refractivity contribution < 1.29 is 19.1 Å². The molecule has 1 unspecified atom stereocenters. The number of nitrogens with zero attached hydrogens (tertiary/aromatic N) is 5. The third kappa shape index (κ3) is 3.42. The Hall–Kier alpha value is -1.58. The highest BCUT2D eigenvalue weighted by Gasteiger charge is 2.46. The van der Waals surface area contributed by atoms with Crippen LogP contribution in [0.2, 0.25) is 0 Å². The third-order valence-corrected chi connectivity index (χ3v) is 5.23. The second-order valence-corrected chi connectivity index (χ2v) is 7.63. The van der Waals surface area contributed by atoms with E-state index >= 15 is 0 Å². The molecule has 0 aliphatic heterocycles. The highest BCUT2D eigenvalue weighted by molar-refractivity contribution is 7.52. The lowest BCUT2D eigenvalue weighted by molar-refractivity contribution is -0.0342. The molecule has 0 bridgehead atoms. The topological polar surface area (TPSA) is 126 Å². The summed E-state index contributed by atoms with van der Waals surface area (Å²) in [7, 11) is -0.838. The van der Waals surface area contributed by atoms with Crippen LogP contribution < -0.4 is 5.32 Å². The van der Waals surface area contributed by atoms with Crippen molar-refractivity contribution >= 4 is 24.7 Å². The lowest BCUT2D eigenvalue weighted by Crippen LogP contribution is -2.34. The molecule has 0 aliphatic carbocycles. The van der Waals surface area contributed by atoms with E-state index in [1.807, 2.05) is 25.9 Å². The molecule has 0 aliphatic rings. The number of fused-ring (bicyclic) bond motifs is 1. The van der Waals surface area contributed by atoms with Crippen LogP contribution in [-0.4, -0.2) is 61.1 Å². The number of hydrogen-bond acceptors (Lipinski definition) is 7. The number of anilines is 1. The molecule has 3 N–H and O–H groups in total. The van der Waals surface area contributed by atoms with Gasteiger partial charge in [-0.25, -0.2) is 9.97 Å². The third-order valence-electron chi connectivity index (χ3n) is 3.81. The van der Waals surface area contributed by atoms with Crippen LogP contribution in [0.3, 0.4) is 0 Å². The minimum absolute atomic E-state index is 0.0288. The van der Waals surface area contributed by atoms with E-state index in [2.05, 4.69) is 20.3 Å². The fraction of sp³-hybridized carbons (Fsp3) is 0.615. The van der Waals surface area contributed by atoms with Crippen molar-refractivity contribution in [2.45, 2.75) is 32.4 Å². The predicted molar refractivity (Wildman–Crippen MR) is 89.4 cm³/mol. The molecule has 0 saturated heterocycles. The van der Waals surface area contributed by atoms with Crippen LogP contribution in [0.1, 0.15) is 20.8 Å². The first-order chi connectivity index (χ1) is 11.1. The second-order valence-electron chi connectivity index (χ2n) is 5.71. The molecule has 0 spiro atoms. The fourth-order valence-corrected chi connectivity index (χ4v) is 2.79. The minimum atomic E-state index is -4.64. The Morgan fingerprint density at radius 3 is 2.67 bits per heavy atom. The van der Waals surface area contributed by atoms with E-state index in [-0.39, 0.29) is 18.4 Å². The summed E-state index contributed by atoms with van der Waals surface area (Å²) in [6.45, 7) is 5.03. The summed E-state index contributed by atoms with van der Waals surface area (Å²) >= 11 is 0. The SMILES string of the molecule is CCO[C@@](C)(n1cnc2cnc(NC(C)N(C)C)nc21)P(=O)(O)O. The number of nitrogens with one attached hydrogen (secondary N) is 1. The van der Waals surface area contributed by atoms with Gasteiger partial charge in [-0.3, -0.25) is 14.0 Å². The zero-order chi connectivity index (χ0) is 18.1. The molecule has 11 heteroatoms. The molecule has 0 radical (unpaired) electrons. The predicted octanol–water partition coefficient (Wildman–Crippen LogP) is 0.990. The molecule has 2 heterocycles. The van der Waals surface area contributed by atoms with Gasteiger partial charge in [-0.2, -0.15) is 4.98 Å². The van der Waals surface area contributed by atoms with Crippen molar-refractivity contribution in [3.05, 3.63) is 12.5 Å². The maximum atomic E-state index is 12.0. The first kappa shape index (κ1) is 18.8. The van der Waals surface area contributed by atoms with Crippen molar-refractivity contribution in [3.63, 3.8) is 0 Å². The number of rotatable bonds is 7. The second kappa shape index (κ2) is 6.73. The van der Waals surface area contributed by atoms with Crippen LogP contribution >= 0.6 is 7.60 Å². The van der Waals surface area contributed by atoms with Crippen molar-refractivity contribution in [2.24, 2.45) is 0 Å². The smallest absolute Gasteiger partial charge is 0.345 e. The van der Waals surface area contributed by atoms with Crippen LogP contribution in [0, 0.1) is 0 Å². The molecule has 10 nitrogen and oxygen atoms in total. The molecule has 2 aromatic rings. The van der Waals surface area contributed by atoms with Crippen LogP contribution in [0.4, 0.5) is 5.95 Å². The lowest BCUT2D eigenvalue weighted by Gasteiger charge is -2.31. The van der Waals surface area contributed by atoms with Gasteiger partial charge in [0, 0.05) is 6.61 Å². The molecule has 2 atom stereocenters. The summed E-state index contributed by atoms with van der Waals surface area (Å²) < 4.78 is 18.6. The summed E-state index contributed by atoms with van der Waals surface area (Å²) in [6, 6.07) is 0. The molecule has 24 heavy (non-hydrogen) atoms. The number of ether oxygens (including phenoxy) is 1. The number of imidazole rings is 1. The van der Waals surface area contributed by atoms with E-state index in [4.69, 9.17) is 4.74 Å². The van der Waals surface area contributed by atoms with E-state index in [0.29, 0.717) is 11.5 Å². The molecular formula is C13H23N6O4P. The summed E-state index contributed by atoms with van der Waals surface area (Å²) in [4.78, 5) is 34.1. The van der Waals surface area contributed by atoms with Crippen LogP contribution in [0.25, 0.3) is 11.2 Å². The van der Waals surface area contributed by atoms with E-state index < -0.39 is 13.1 Å². The molecular weight excluding hydrogens is 335 g/mol. The van der Waals surface area contributed by atoms with Gasteiger partial charge < -0.3 is 19.8 Å².